The van der Waals surface area contributed by atoms with Gasteiger partial charge in [0.2, 0.25) is 11.8 Å². The molecule has 3 amide bonds. The van der Waals surface area contributed by atoms with E-state index in [-0.39, 0.29) is 36.3 Å². The highest BCUT2D eigenvalue weighted by molar-refractivity contribution is 7.13. The van der Waals surface area contributed by atoms with E-state index in [1.807, 2.05) is 82.6 Å². The Morgan fingerprint density at radius 3 is 2.61 bits per heavy atom. The smallest absolute Gasteiger partial charge is 0.255 e. The molecule has 0 spiro atoms. The summed E-state index contributed by atoms with van der Waals surface area (Å²) in [6.07, 6.45) is 1.31. The van der Waals surface area contributed by atoms with Crippen LogP contribution in [-0.2, 0) is 22.7 Å². The first kappa shape index (κ1) is 28.8. The molecule has 0 radical (unpaired) electrons. The minimum absolute atomic E-state index is 0.0300. The summed E-state index contributed by atoms with van der Waals surface area (Å²) in [4.78, 5) is 49.5. The molecule has 216 valence electrons. The predicted octanol–water partition coefficient (Wildman–Crippen LogP) is 5.19. The zero-order chi connectivity index (χ0) is 29.3. The van der Waals surface area contributed by atoms with Crippen molar-refractivity contribution in [3.63, 3.8) is 0 Å². The lowest BCUT2D eigenvalue weighted by Crippen LogP contribution is -2.55. The van der Waals surface area contributed by atoms with Gasteiger partial charge in [0.25, 0.3) is 5.91 Å². The molecule has 2 aliphatic rings. The number of carbonyl (C=O) groups is 3. The van der Waals surface area contributed by atoms with Crippen molar-refractivity contribution in [2.75, 3.05) is 6.54 Å². The Morgan fingerprint density at radius 1 is 1.15 bits per heavy atom. The predicted molar refractivity (Wildman–Crippen MR) is 160 cm³/mol. The van der Waals surface area contributed by atoms with Crippen LogP contribution in [0.2, 0.25) is 0 Å². The summed E-state index contributed by atoms with van der Waals surface area (Å²) in [6.45, 7) is 11.0. The second kappa shape index (κ2) is 12.0. The summed E-state index contributed by atoms with van der Waals surface area (Å²) >= 11 is 1.59. The molecule has 2 aliphatic heterocycles. The number of likely N-dealkylation sites (tertiary alicyclic amines) is 1. The Kier molecular flexibility index (Phi) is 8.45. The van der Waals surface area contributed by atoms with Gasteiger partial charge < -0.3 is 19.9 Å². The maximum atomic E-state index is 13.9. The van der Waals surface area contributed by atoms with Gasteiger partial charge in [0.05, 0.1) is 22.2 Å². The van der Waals surface area contributed by atoms with Gasteiger partial charge in [-0.25, -0.2) is 4.98 Å². The van der Waals surface area contributed by atoms with Crippen LogP contribution >= 0.6 is 11.3 Å². The number of rotatable bonds is 9. The highest BCUT2D eigenvalue weighted by Crippen LogP contribution is 2.33. The fourth-order valence-electron chi connectivity index (χ4n) is 5.84. The molecular weight excluding hydrogens is 536 g/mol. The van der Waals surface area contributed by atoms with Crippen molar-refractivity contribution in [1.82, 2.24) is 20.1 Å². The minimum atomic E-state index is -0.628. The molecule has 3 aromatic rings. The number of aryl methyl sites for hydroxylation is 1. The van der Waals surface area contributed by atoms with Gasteiger partial charge in [-0.15, -0.1) is 11.3 Å². The third kappa shape index (κ3) is 5.86. The maximum Gasteiger partial charge on any atom is 0.255 e. The van der Waals surface area contributed by atoms with Crippen LogP contribution in [0.3, 0.4) is 0 Å². The summed E-state index contributed by atoms with van der Waals surface area (Å²) in [5.41, 5.74) is 6.28. The Balaban J connectivity index is 1.30. The fraction of sp³-hybridized carbons (Fsp3) is 0.438. The Labute approximate surface area is 245 Å². The van der Waals surface area contributed by atoms with Gasteiger partial charge in [0, 0.05) is 30.8 Å². The SMILES string of the molecule is Cc1ncsc1-c1ccc(CNC(=O)C2CCCN2C(=O)C(C(C)C)N2Cc3ccccc3C2=O)c(OC(C)C)c1. The van der Waals surface area contributed by atoms with E-state index in [0.29, 0.717) is 25.1 Å². The van der Waals surface area contributed by atoms with E-state index in [1.165, 1.54) is 0 Å². The summed E-state index contributed by atoms with van der Waals surface area (Å²) in [7, 11) is 0. The largest absolute Gasteiger partial charge is 0.491 e. The number of carbonyl (C=O) groups excluding carboxylic acids is 3. The van der Waals surface area contributed by atoms with Gasteiger partial charge in [0.1, 0.15) is 17.8 Å². The lowest BCUT2D eigenvalue weighted by molar-refractivity contribution is -0.143. The zero-order valence-corrected chi connectivity index (χ0v) is 25.2. The molecule has 0 bridgehead atoms. The normalized spacial score (nSPS) is 17.3. The van der Waals surface area contributed by atoms with Gasteiger partial charge in [-0.1, -0.05) is 44.2 Å². The standard InChI is InChI=1S/C32H38N4O4S/c1-19(2)28(36-17-24-9-6-7-10-25(24)31(36)38)32(39)35-14-8-11-26(35)30(37)33-16-23-13-12-22(15-27(23)40-20(3)4)29-21(5)34-18-41-29/h6-7,9-10,12-13,15,18-20,26,28H,8,11,14,16-17H2,1-5H3,(H,33,37). The van der Waals surface area contributed by atoms with Crippen molar-refractivity contribution in [3.8, 4) is 16.2 Å². The molecule has 2 unspecified atom stereocenters. The molecule has 8 nitrogen and oxygen atoms in total. The number of hydrogen-bond acceptors (Lipinski definition) is 6. The van der Waals surface area contributed by atoms with Gasteiger partial charge >= 0.3 is 0 Å². The molecule has 1 saturated heterocycles. The number of benzene rings is 2. The third-order valence-corrected chi connectivity index (χ3v) is 8.78. The number of nitrogens with zero attached hydrogens (tertiary/aromatic N) is 3. The molecule has 41 heavy (non-hydrogen) atoms. The fourth-order valence-corrected chi connectivity index (χ4v) is 6.64. The molecule has 3 heterocycles. The van der Waals surface area contributed by atoms with E-state index in [1.54, 1.807) is 21.1 Å². The van der Waals surface area contributed by atoms with Crippen molar-refractivity contribution < 1.29 is 19.1 Å². The van der Waals surface area contributed by atoms with Crippen molar-refractivity contribution in [2.24, 2.45) is 5.92 Å². The minimum Gasteiger partial charge on any atom is -0.491 e. The van der Waals surface area contributed by atoms with Crippen LogP contribution in [0, 0.1) is 12.8 Å². The monoisotopic (exact) mass is 574 g/mol. The second-order valence-corrected chi connectivity index (χ2v) is 12.3. The number of ether oxygens (including phenoxy) is 1. The van der Waals surface area contributed by atoms with E-state index in [0.717, 1.165) is 39.4 Å². The van der Waals surface area contributed by atoms with Gasteiger partial charge in [0.15, 0.2) is 0 Å². The highest BCUT2D eigenvalue weighted by atomic mass is 32.1. The van der Waals surface area contributed by atoms with Crippen LogP contribution in [0.4, 0.5) is 0 Å². The molecule has 2 atom stereocenters. The van der Waals surface area contributed by atoms with Crippen LogP contribution in [0.15, 0.2) is 48.0 Å². The number of hydrogen-bond donors (Lipinski definition) is 1. The van der Waals surface area contributed by atoms with E-state index >= 15 is 0 Å². The van der Waals surface area contributed by atoms with Crippen LogP contribution in [0.5, 0.6) is 5.75 Å². The zero-order valence-electron chi connectivity index (χ0n) is 24.3. The van der Waals surface area contributed by atoms with Gasteiger partial charge in [-0.05, 0) is 62.8 Å². The molecule has 1 aromatic heterocycles. The van der Waals surface area contributed by atoms with E-state index in [2.05, 4.69) is 10.3 Å². The van der Waals surface area contributed by atoms with Crippen molar-refractivity contribution in [1.29, 1.82) is 0 Å². The maximum absolute atomic E-state index is 13.9. The van der Waals surface area contributed by atoms with Crippen molar-refractivity contribution in [3.05, 3.63) is 70.4 Å². The summed E-state index contributed by atoms with van der Waals surface area (Å²) in [5.74, 6) is 0.153. The molecule has 5 rings (SSSR count). The Bertz CT molecular complexity index is 1450. The lowest BCUT2D eigenvalue weighted by Gasteiger charge is -2.35. The highest BCUT2D eigenvalue weighted by Gasteiger charge is 2.43. The third-order valence-electron chi connectivity index (χ3n) is 7.80. The average Bonchev–Trinajstić information content (AvgIpc) is 3.67. The number of aromatic nitrogens is 1. The van der Waals surface area contributed by atoms with Crippen LogP contribution in [0.25, 0.3) is 10.4 Å². The topological polar surface area (TPSA) is 91.8 Å². The van der Waals surface area contributed by atoms with Crippen molar-refractivity contribution >= 4 is 29.1 Å². The van der Waals surface area contributed by atoms with Gasteiger partial charge in [-0.3, -0.25) is 14.4 Å². The molecule has 0 aliphatic carbocycles. The summed E-state index contributed by atoms with van der Waals surface area (Å²) in [5, 5.41) is 3.06. The molecule has 2 aromatic carbocycles. The van der Waals surface area contributed by atoms with E-state index in [4.69, 9.17) is 4.74 Å². The lowest BCUT2D eigenvalue weighted by atomic mass is 10.0. The van der Waals surface area contributed by atoms with Crippen LogP contribution < -0.4 is 10.1 Å². The van der Waals surface area contributed by atoms with E-state index < -0.39 is 12.1 Å². The van der Waals surface area contributed by atoms with E-state index in [9.17, 15) is 14.4 Å². The first-order valence-corrected chi connectivity index (χ1v) is 15.2. The first-order chi connectivity index (χ1) is 19.7. The molecule has 1 fully saturated rings. The van der Waals surface area contributed by atoms with Gasteiger partial charge in [-0.2, -0.15) is 0 Å². The Hall–Kier alpha value is -3.72. The molecule has 0 saturated carbocycles. The Morgan fingerprint density at radius 2 is 1.93 bits per heavy atom. The number of thiazole rings is 1. The number of amides is 3. The average molecular weight is 575 g/mol. The van der Waals surface area contributed by atoms with Crippen LogP contribution in [-0.4, -0.2) is 57.2 Å². The van der Waals surface area contributed by atoms with Crippen molar-refractivity contribution in [2.45, 2.75) is 78.7 Å². The molecule has 9 heteroatoms. The number of nitrogens with one attached hydrogen (secondary N) is 1. The quantitative estimate of drug-likeness (QED) is 0.380. The second-order valence-electron chi connectivity index (χ2n) is 11.4. The molecule has 1 N–H and O–H groups in total. The summed E-state index contributed by atoms with van der Waals surface area (Å²) in [6, 6.07) is 12.3. The van der Waals surface area contributed by atoms with Crippen LogP contribution in [0.1, 0.15) is 67.7 Å². The molecular formula is C32H38N4O4S. The summed E-state index contributed by atoms with van der Waals surface area (Å²) < 4.78 is 6.12. The number of fused-ring (bicyclic) bond motifs is 1. The first-order valence-electron chi connectivity index (χ1n) is 14.3.